The molecule has 0 fully saturated rings. The molecule has 25 heavy (non-hydrogen) atoms. The van der Waals surface area contributed by atoms with Gasteiger partial charge in [0.2, 0.25) is 0 Å². The van der Waals surface area contributed by atoms with Gasteiger partial charge in [0.1, 0.15) is 20.8 Å². The first-order valence-electron chi connectivity index (χ1n) is 7.82. The van der Waals surface area contributed by atoms with E-state index in [0.717, 1.165) is 5.69 Å². The predicted molar refractivity (Wildman–Crippen MR) is 100 cm³/mol. The van der Waals surface area contributed by atoms with Gasteiger partial charge in [-0.05, 0) is 31.2 Å². The Hall–Kier alpha value is -3.17. The molecule has 0 bridgehead atoms. The lowest BCUT2D eigenvalue weighted by atomic mass is 10.2. The van der Waals surface area contributed by atoms with Gasteiger partial charge in [0.15, 0.2) is 0 Å². The Bertz CT molecular complexity index is 1080. The molecule has 1 aromatic carbocycles. The van der Waals surface area contributed by atoms with E-state index in [2.05, 4.69) is 16.4 Å². The minimum Gasteiger partial charge on any atom is -0.360 e. The first-order chi connectivity index (χ1) is 12.2. The maximum absolute atomic E-state index is 12.7. The van der Waals surface area contributed by atoms with Crippen molar-refractivity contribution in [2.24, 2.45) is 0 Å². The van der Waals surface area contributed by atoms with Gasteiger partial charge in [-0.3, -0.25) is 14.3 Å². The van der Waals surface area contributed by atoms with E-state index in [9.17, 15) is 10.1 Å². The molecule has 2 heterocycles. The summed E-state index contributed by atoms with van der Waals surface area (Å²) in [6.07, 6.45) is 3.32. The summed E-state index contributed by atoms with van der Waals surface area (Å²) in [4.78, 5) is 16.9. The van der Waals surface area contributed by atoms with E-state index in [1.165, 1.54) is 11.3 Å². The molecule has 6 heteroatoms. The normalized spacial score (nSPS) is 12.6. The summed E-state index contributed by atoms with van der Waals surface area (Å²) in [5.41, 5.74) is 1.75. The van der Waals surface area contributed by atoms with Crippen LogP contribution in [0.2, 0.25) is 0 Å². The summed E-state index contributed by atoms with van der Waals surface area (Å²) in [6.45, 7) is 2.38. The third-order valence-electron chi connectivity index (χ3n) is 3.61. The number of benzene rings is 1. The highest BCUT2D eigenvalue weighted by molar-refractivity contribution is 7.07. The Morgan fingerprint density at radius 2 is 2.04 bits per heavy atom. The zero-order valence-corrected chi connectivity index (χ0v) is 14.5. The zero-order chi connectivity index (χ0) is 17.6. The molecule has 1 N–H and O–H groups in total. The van der Waals surface area contributed by atoms with Crippen LogP contribution in [0.25, 0.3) is 11.8 Å². The number of hydrogen-bond donors (Lipinski definition) is 1. The summed E-state index contributed by atoms with van der Waals surface area (Å²) in [7, 11) is 0. The molecular weight excluding hydrogens is 332 g/mol. The molecule has 5 nitrogen and oxygen atoms in total. The summed E-state index contributed by atoms with van der Waals surface area (Å²) < 4.78 is 2.77. The predicted octanol–water partition coefficient (Wildman–Crippen LogP) is 1.90. The van der Waals surface area contributed by atoms with Gasteiger partial charge >= 0.3 is 0 Å². The molecule has 0 atom stereocenters. The Morgan fingerprint density at radius 3 is 2.68 bits per heavy atom. The van der Waals surface area contributed by atoms with Gasteiger partial charge in [0.25, 0.3) is 5.56 Å². The molecule has 3 rings (SSSR count). The summed E-state index contributed by atoms with van der Waals surface area (Å²) in [5, 5.41) is 12.7. The van der Waals surface area contributed by atoms with Crippen LogP contribution < -0.4 is 20.1 Å². The van der Waals surface area contributed by atoms with E-state index in [0.29, 0.717) is 27.0 Å². The fourth-order valence-corrected chi connectivity index (χ4v) is 3.50. The van der Waals surface area contributed by atoms with Crippen LogP contribution in [0.15, 0.2) is 59.5 Å². The van der Waals surface area contributed by atoms with Gasteiger partial charge in [0, 0.05) is 24.6 Å². The van der Waals surface area contributed by atoms with Gasteiger partial charge in [-0.15, -0.1) is 11.3 Å². The highest BCUT2D eigenvalue weighted by Gasteiger charge is 2.10. The number of hydrogen-bond acceptors (Lipinski definition) is 5. The van der Waals surface area contributed by atoms with Crippen LogP contribution in [-0.4, -0.2) is 9.55 Å². The smallest absolute Gasteiger partial charge is 0.270 e. The first kappa shape index (κ1) is 16.7. The largest absolute Gasteiger partial charge is 0.360 e. The fourth-order valence-electron chi connectivity index (χ4n) is 2.40. The van der Waals surface area contributed by atoms with E-state index >= 15 is 0 Å². The monoisotopic (exact) mass is 348 g/mol. The maximum Gasteiger partial charge on any atom is 0.270 e. The van der Waals surface area contributed by atoms with Crippen molar-refractivity contribution in [2.75, 3.05) is 5.32 Å². The second-order valence-electron chi connectivity index (χ2n) is 5.18. The zero-order valence-electron chi connectivity index (χ0n) is 13.6. The Morgan fingerprint density at radius 1 is 1.28 bits per heavy atom. The molecule has 0 aliphatic rings. The number of rotatable bonds is 4. The average Bonchev–Trinajstić information content (AvgIpc) is 2.98. The highest BCUT2D eigenvalue weighted by Crippen LogP contribution is 2.06. The summed E-state index contributed by atoms with van der Waals surface area (Å²) in [6, 6.07) is 17.2. The van der Waals surface area contributed by atoms with Crippen molar-refractivity contribution in [3.05, 3.63) is 80.0 Å². The van der Waals surface area contributed by atoms with E-state index in [1.54, 1.807) is 29.1 Å². The van der Waals surface area contributed by atoms with Crippen LogP contribution >= 0.6 is 11.3 Å². The molecule has 0 amide bonds. The molecule has 0 saturated carbocycles. The first-order valence-corrected chi connectivity index (χ1v) is 8.63. The molecule has 3 aromatic rings. The van der Waals surface area contributed by atoms with Crippen LogP contribution in [0.3, 0.4) is 0 Å². The lowest BCUT2D eigenvalue weighted by molar-refractivity contribution is 0.721. The van der Waals surface area contributed by atoms with Crippen LogP contribution in [0.1, 0.15) is 12.6 Å². The number of nitrogens with one attached hydrogen (secondary N) is 1. The molecule has 0 spiro atoms. The van der Waals surface area contributed by atoms with Crippen molar-refractivity contribution in [1.29, 1.82) is 5.26 Å². The van der Waals surface area contributed by atoms with Crippen molar-refractivity contribution < 1.29 is 0 Å². The minimum atomic E-state index is -0.116. The number of aromatic nitrogens is 2. The standard InChI is InChI=1S/C19H16N4OS/c1-2-23-18(24)17(13-22-14-8-4-3-5-9-14)25-19(23)15(12-20)16-10-6-7-11-21-16/h3-11,13,22H,2H2,1H3/b17-13+,19-15-. The molecule has 0 aliphatic carbocycles. The topological polar surface area (TPSA) is 70.7 Å². The molecule has 2 aromatic heterocycles. The van der Waals surface area contributed by atoms with Crippen LogP contribution in [0.5, 0.6) is 0 Å². The van der Waals surface area contributed by atoms with Crippen molar-refractivity contribution in [2.45, 2.75) is 13.5 Å². The van der Waals surface area contributed by atoms with Gasteiger partial charge in [-0.25, -0.2) is 0 Å². The second-order valence-corrected chi connectivity index (χ2v) is 6.21. The number of para-hydroxylation sites is 1. The van der Waals surface area contributed by atoms with E-state index in [-0.39, 0.29) is 5.56 Å². The Labute approximate surface area is 148 Å². The third-order valence-corrected chi connectivity index (χ3v) is 4.74. The minimum absolute atomic E-state index is 0.116. The molecule has 0 radical (unpaired) electrons. The van der Waals surface area contributed by atoms with Gasteiger partial charge in [0.05, 0.1) is 5.69 Å². The SMILES string of the molecule is CCn1c(=O)/c(=C\Nc2ccccc2)s/c1=C(/C#N)c1ccccn1. The van der Waals surface area contributed by atoms with Crippen LogP contribution in [0, 0.1) is 11.3 Å². The number of pyridine rings is 1. The Balaban J connectivity index is 2.18. The number of nitriles is 1. The van der Waals surface area contributed by atoms with Crippen molar-refractivity contribution in [3.8, 4) is 6.07 Å². The van der Waals surface area contributed by atoms with E-state index < -0.39 is 0 Å². The Kier molecular flexibility index (Phi) is 5.07. The molecule has 0 saturated heterocycles. The molecule has 0 aliphatic heterocycles. The quantitative estimate of drug-likeness (QED) is 0.782. The van der Waals surface area contributed by atoms with Crippen molar-refractivity contribution in [3.63, 3.8) is 0 Å². The highest BCUT2D eigenvalue weighted by atomic mass is 32.1. The number of anilines is 1. The molecule has 0 unspecified atom stereocenters. The molecular formula is C19H16N4OS. The number of thiazole rings is 1. The lowest BCUT2D eigenvalue weighted by Crippen LogP contribution is -2.32. The molecule has 124 valence electrons. The average molecular weight is 348 g/mol. The lowest BCUT2D eigenvalue weighted by Gasteiger charge is -1.99. The van der Waals surface area contributed by atoms with Crippen LogP contribution in [-0.2, 0) is 6.54 Å². The van der Waals surface area contributed by atoms with Crippen molar-refractivity contribution in [1.82, 2.24) is 9.55 Å². The van der Waals surface area contributed by atoms with Crippen molar-refractivity contribution >= 4 is 28.8 Å². The van der Waals surface area contributed by atoms with E-state index in [4.69, 9.17) is 0 Å². The summed E-state index contributed by atoms with van der Waals surface area (Å²) >= 11 is 1.29. The van der Waals surface area contributed by atoms with E-state index in [1.807, 2.05) is 43.3 Å². The van der Waals surface area contributed by atoms with Gasteiger partial charge in [-0.2, -0.15) is 5.26 Å². The third kappa shape index (κ3) is 3.52. The fraction of sp³-hybridized carbons (Fsp3) is 0.105. The summed E-state index contributed by atoms with van der Waals surface area (Å²) in [5.74, 6) is 0. The van der Waals surface area contributed by atoms with Gasteiger partial charge < -0.3 is 5.32 Å². The van der Waals surface area contributed by atoms with Crippen LogP contribution in [0.4, 0.5) is 5.69 Å². The number of nitrogens with zero attached hydrogens (tertiary/aromatic N) is 3. The maximum atomic E-state index is 12.7. The van der Waals surface area contributed by atoms with Gasteiger partial charge in [-0.1, -0.05) is 24.3 Å². The second kappa shape index (κ2) is 7.60.